The van der Waals surface area contributed by atoms with E-state index in [1.165, 1.54) is 0 Å². The lowest BCUT2D eigenvalue weighted by atomic mass is 9.86. The maximum Gasteiger partial charge on any atom is 0.120 e. The molecule has 1 unspecified atom stereocenters. The molecule has 1 aliphatic heterocycles. The first-order chi connectivity index (χ1) is 8.26. The first-order valence-corrected chi connectivity index (χ1v) is 6.47. The summed E-state index contributed by atoms with van der Waals surface area (Å²) in [5.41, 5.74) is 0.254. The third-order valence-corrected chi connectivity index (χ3v) is 3.56. The van der Waals surface area contributed by atoms with Crippen LogP contribution in [0.4, 0.5) is 0 Å². The Labute approximate surface area is 102 Å². The van der Waals surface area contributed by atoms with E-state index in [0.29, 0.717) is 12.6 Å². The van der Waals surface area contributed by atoms with E-state index in [1.54, 1.807) is 0 Å². The Kier molecular flexibility index (Phi) is 2.81. The topological polar surface area (TPSA) is 41.5 Å². The molecule has 0 aromatic heterocycles. The Hall–Kier alpha value is -1.06. The van der Waals surface area contributed by atoms with E-state index < -0.39 is 5.60 Å². The quantitative estimate of drug-likeness (QED) is 0.836. The molecule has 3 rings (SSSR count). The van der Waals surface area contributed by atoms with E-state index in [0.717, 1.165) is 43.5 Å². The summed E-state index contributed by atoms with van der Waals surface area (Å²) in [4.78, 5) is 0. The van der Waals surface area contributed by atoms with Gasteiger partial charge in [0.1, 0.15) is 11.4 Å². The van der Waals surface area contributed by atoms with Crippen molar-refractivity contribution in [3.63, 3.8) is 0 Å². The lowest BCUT2D eigenvalue weighted by molar-refractivity contribution is 0.0121. The molecule has 1 heterocycles. The van der Waals surface area contributed by atoms with Gasteiger partial charge in [0.2, 0.25) is 0 Å². The number of nitrogens with one attached hydrogen (secondary N) is 1. The highest BCUT2D eigenvalue weighted by Crippen LogP contribution is 2.32. The molecule has 17 heavy (non-hydrogen) atoms. The molecule has 1 saturated heterocycles. The van der Waals surface area contributed by atoms with Crippen molar-refractivity contribution in [1.29, 1.82) is 0 Å². The standard InChI is InChI=1S/C14H19NO2/c16-14(7-2-8-15-10-14)11-3-1-4-13(9-11)17-12-5-6-12/h1,3-4,9,12,15-16H,2,5-8,10H2. The second-order valence-corrected chi connectivity index (χ2v) is 5.16. The number of piperidine rings is 1. The zero-order valence-corrected chi connectivity index (χ0v) is 9.98. The van der Waals surface area contributed by atoms with Crippen LogP contribution in [0, 0.1) is 0 Å². The van der Waals surface area contributed by atoms with Crippen LogP contribution in [0.1, 0.15) is 31.2 Å². The van der Waals surface area contributed by atoms with Gasteiger partial charge >= 0.3 is 0 Å². The Morgan fingerprint density at radius 3 is 2.94 bits per heavy atom. The molecule has 3 heteroatoms. The molecule has 3 nitrogen and oxygen atoms in total. The molecule has 0 radical (unpaired) electrons. The summed E-state index contributed by atoms with van der Waals surface area (Å²) in [6, 6.07) is 7.93. The number of ether oxygens (including phenoxy) is 1. The van der Waals surface area contributed by atoms with Gasteiger partial charge in [-0.15, -0.1) is 0 Å². The molecule has 2 N–H and O–H groups in total. The van der Waals surface area contributed by atoms with Crippen molar-refractivity contribution in [2.24, 2.45) is 0 Å². The maximum absolute atomic E-state index is 10.6. The molecule has 1 aromatic rings. The van der Waals surface area contributed by atoms with Crippen LogP contribution >= 0.6 is 0 Å². The second-order valence-electron chi connectivity index (χ2n) is 5.16. The van der Waals surface area contributed by atoms with Crippen LogP contribution in [0.25, 0.3) is 0 Å². The van der Waals surface area contributed by atoms with Gasteiger partial charge in [0.25, 0.3) is 0 Å². The van der Waals surface area contributed by atoms with E-state index in [-0.39, 0.29) is 0 Å². The summed E-state index contributed by atoms with van der Waals surface area (Å²) in [5.74, 6) is 0.893. The van der Waals surface area contributed by atoms with Crippen molar-refractivity contribution in [2.45, 2.75) is 37.4 Å². The zero-order chi connectivity index (χ0) is 11.7. The Bertz CT molecular complexity index is 395. The van der Waals surface area contributed by atoms with Gasteiger partial charge < -0.3 is 15.2 Å². The fourth-order valence-electron chi connectivity index (χ4n) is 2.37. The molecule has 92 valence electrons. The van der Waals surface area contributed by atoms with Crippen LogP contribution in [-0.2, 0) is 5.60 Å². The summed E-state index contributed by atoms with van der Waals surface area (Å²) in [6.07, 6.45) is 4.58. The molecule has 0 amide bonds. The van der Waals surface area contributed by atoms with Crippen LogP contribution in [0.5, 0.6) is 5.75 Å². The average molecular weight is 233 g/mol. The SMILES string of the molecule is OC1(c2cccc(OC3CC3)c2)CCCNC1. The third kappa shape index (κ3) is 2.45. The minimum atomic E-state index is -0.721. The van der Waals surface area contributed by atoms with E-state index in [1.807, 2.05) is 24.3 Å². The monoisotopic (exact) mass is 233 g/mol. The van der Waals surface area contributed by atoms with Crippen molar-refractivity contribution in [1.82, 2.24) is 5.32 Å². The van der Waals surface area contributed by atoms with E-state index in [9.17, 15) is 5.11 Å². The number of rotatable bonds is 3. The predicted octanol–water partition coefficient (Wildman–Crippen LogP) is 1.80. The van der Waals surface area contributed by atoms with Gasteiger partial charge in [-0.1, -0.05) is 12.1 Å². The van der Waals surface area contributed by atoms with Gasteiger partial charge in [0.05, 0.1) is 6.10 Å². The van der Waals surface area contributed by atoms with Crippen LogP contribution in [0.15, 0.2) is 24.3 Å². The number of hydrogen-bond donors (Lipinski definition) is 2. The van der Waals surface area contributed by atoms with E-state index in [4.69, 9.17) is 4.74 Å². The molecular weight excluding hydrogens is 214 g/mol. The molecule has 2 fully saturated rings. The van der Waals surface area contributed by atoms with Crippen LogP contribution in [-0.4, -0.2) is 24.3 Å². The fraction of sp³-hybridized carbons (Fsp3) is 0.571. The van der Waals surface area contributed by atoms with Gasteiger partial charge in [0, 0.05) is 6.54 Å². The van der Waals surface area contributed by atoms with Crippen LogP contribution in [0.2, 0.25) is 0 Å². The van der Waals surface area contributed by atoms with E-state index >= 15 is 0 Å². The molecule has 1 aliphatic carbocycles. The minimum absolute atomic E-state index is 0.407. The van der Waals surface area contributed by atoms with Crippen molar-refractivity contribution in [2.75, 3.05) is 13.1 Å². The number of β-amino-alcohol motifs (C(OH)–C–C–N with tert-alkyl or cyclic N) is 1. The lowest BCUT2D eigenvalue weighted by Crippen LogP contribution is -2.43. The van der Waals surface area contributed by atoms with Gasteiger partial charge in [0.15, 0.2) is 0 Å². The van der Waals surface area contributed by atoms with Gasteiger partial charge in [-0.25, -0.2) is 0 Å². The summed E-state index contributed by atoms with van der Waals surface area (Å²) >= 11 is 0. The first kappa shape index (κ1) is 11.1. The fourth-order valence-corrected chi connectivity index (χ4v) is 2.37. The van der Waals surface area contributed by atoms with Crippen molar-refractivity contribution >= 4 is 0 Å². The number of hydrogen-bond acceptors (Lipinski definition) is 3. The molecule has 1 atom stereocenters. The molecule has 1 aromatic carbocycles. The first-order valence-electron chi connectivity index (χ1n) is 6.47. The van der Waals surface area contributed by atoms with Crippen molar-refractivity contribution < 1.29 is 9.84 Å². The Balaban J connectivity index is 1.80. The highest BCUT2D eigenvalue weighted by Gasteiger charge is 2.31. The summed E-state index contributed by atoms with van der Waals surface area (Å²) in [7, 11) is 0. The second kappa shape index (κ2) is 4.31. The highest BCUT2D eigenvalue weighted by atomic mass is 16.5. The molecular formula is C14H19NO2. The summed E-state index contributed by atoms with van der Waals surface area (Å²) in [6.45, 7) is 1.64. The predicted molar refractivity (Wildman–Crippen MR) is 66.1 cm³/mol. The third-order valence-electron chi connectivity index (χ3n) is 3.56. The smallest absolute Gasteiger partial charge is 0.120 e. The number of aliphatic hydroxyl groups is 1. The molecule has 0 bridgehead atoms. The molecule has 0 spiro atoms. The zero-order valence-electron chi connectivity index (χ0n) is 9.98. The molecule has 2 aliphatic rings. The summed E-state index contributed by atoms with van der Waals surface area (Å²) < 4.78 is 5.77. The normalized spacial score (nSPS) is 29.0. The van der Waals surface area contributed by atoms with Gasteiger partial charge in [-0.3, -0.25) is 0 Å². The summed E-state index contributed by atoms with van der Waals surface area (Å²) in [5, 5.41) is 13.9. The van der Waals surface area contributed by atoms with E-state index in [2.05, 4.69) is 5.32 Å². The molecule has 1 saturated carbocycles. The Morgan fingerprint density at radius 1 is 1.35 bits per heavy atom. The van der Waals surface area contributed by atoms with Crippen molar-refractivity contribution in [3.05, 3.63) is 29.8 Å². The lowest BCUT2D eigenvalue weighted by Gasteiger charge is -2.33. The number of benzene rings is 1. The van der Waals surface area contributed by atoms with Gasteiger partial charge in [-0.05, 0) is 49.9 Å². The minimum Gasteiger partial charge on any atom is -0.490 e. The van der Waals surface area contributed by atoms with Crippen LogP contribution < -0.4 is 10.1 Å². The highest BCUT2D eigenvalue weighted by molar-refractivity contribution is 5.33. The maximum atomic E-state index is 10.6. The largest absolute Gasteiger partial charge is 0.490 e. The average Bonchev–Trinajstić information content (AvgIpc) is 3.14. The van der Waals surface area contributed by atoms with Crippen molar-refractivity contribution in [3.8, 4) is 5.75 Å². The Morgan fingerprint density at radius 2 is 2.24 bits per heavy atom. The van der Waals surface area contributed by atoms with Gasteiger partial charge in [-0.2, -0.15) is 0 Å². The van der Waals surface area contributed by atoms with Crippen LogP contribution in [0.3, 0.4) is 0 Å².